The van der Waals surface area contributed by atoms with Crippen LogP contribution in [0.15, 0.2) is 0 Å². The second-order valence-electron chi connectivity index (χ2n) is 4.20. The van der Waals surface area contributed by atoms with E-state index in [0.717, 1.165) is 4.90 Å². The molecule has 1 unspecified atom stereocenters. The molecule has 0 aromatic carbocycles. The molecule has 0 bridgehead atoms. The van der Waals surface area contributed by atoms with Gasteiger partial charge in [0.25, 0.3) is 5.92 Å². The number of halogens is 2. The van der Waals surface area contributed by atoms with Crippen LogP contribution in [0.2, 0.25) is 0 Å². The van der Waals surface area contributed by atoms with E-state index in [0.29, 0.717) is 0 Å². The fourth-order valence-corrected chi connectivity index (χ4v) is 1.60. The molecule has 1 atom stereocenters. The van der Waals surface area contributed by atoms with Crippen LogP contribution in [0.25, 0.3) is 0 Å². The molecule has 0 N–H and O–H groups in total. The molecule has 0 aromatic rings. The Kier molecular flexibility index (Phi) is 3.68. The minimum absolute atomic E-state index is 0.0116. The molecular formula is C10H14F2N2O2. The van der Waals surface area contributed by atoms with Gasteiger partial charge in [-0.05, 0) is 13.8 Å². The first-order valence-corrected chi connectivity index (χ1v) is 5.07. The maximum absolute atomic E-state index is 13.2. The summed E-state index contributed by atoms with van der Waals surface area (Å²) >= 11 is 0. The van der Waals surface area contributed by atoms with Gasteiger partial charge in [0.15, 0.2) is 0 Å². The largest absolute Gasteiger partial charge is 0.447 e. The minimum Gasteiger partial charge on any atom is -0.447 e. The van der Waals surface area contributed by atoms with Crippen molar-refractivity contribution in [2.75, 3.05) is 13.1 Å². The normalized spacial score (nSPS) is 24.0. The number of carbonyl (C=O) groups excluding carboxylic acids is 1. The molecule has 16 heavy (non-hydrogen) atoms. The average molecular weight is 232 g/mol. The molecule has 4 nitrogen and oxygen atoms in total. The maximum Gasteiger partial charge on any atom is 0.410 e. The summed E-state index contributed by atoms with van der Waals surface area (Å²) < 4.78 is 31.2. The highest BCUT2D eigenvalue weighted by molar-refractivity contribution is 5.68. The molecule has 6 heteroatoms. The van der Waals surface area contributed by atoms with Crippen LogP contribution in [0.4, 0.5) is 13.6 Å². The Balaban J connectivity index is 2.67. The number of rotatable bonds is 1. The number of carbonyl (C=O) groups is 1. The molecule has 1 saturated heterocycles. The Morgan fingerprint density at radius 2 is 2.25 bits per heavy atom. The van der Waals surface area contributed by atoms with Gasteiger partial charge < -0.3 is 9.64 Å². The number of amides is 1. The molecule has 90 valence electrons. The highest BCUT2D eigenvalue weighted by Crippen LogP contribution is 2.30. The van der Waals surface area contributed by atoms with Crippen LogP contribution in [-0.4, -0.2) is 36.1 Å². The number of piperidine rings is 1. The summed E-state index contributed by atoms with van der Waals surface area (Å²) in [5.74, 6) is -3.84. The van der Waals surface area contributed by atoms with E-state index in [2.05, 4.69) is 0 Å². The van der Waals surface area contributed by atoms with Crippen LogP contribution in [-0.2, 0) is 4.74 Å². The van der Waals surface area contributed by atoms with Crippen molar-refractivity contribution >= 4 is 6.09 Å². The van der Waals surface area contributed by atoms with Crippen molar-refractivity contribution in [3.63, 3.8) is 0 Å². The lowest BCUT2D eigenvalue weighted by Gasteiger charge is -2.34. The van der Waals surface area contributed by atoms with Gasteiger partial charge >= 0.3 is 6.09 Å². The standard InChI is InChI=1S/C10H14F2N2O2/c1-7(2)16-9(15)14-5-8(4-13)3-10(11,12)6-14/h7-8H,3,5-6H2,1-2H3. The van der Waals surface area contributed by atoms with Gasteiger partial charge in [-0.1, -0.05) is 0 Å². The zero-order valence-electron chi connectivity index (χ0n) is 9.24. The molecule has 1 aliphatic heterocycles. The first-order chi connectivity index (χ1) is 7.34. The van der Waals surface area contributed by atoms with E-state index in [1.807, 2.05) is 0 Å². The summed E-state index contributed by atoms with van der Waals surface area (Å²) in [7, 11) is 0. The summed E-state index contributed by atoms with van der Waals surface area (Å²) in [5.41, 5.74) is 0. The van der Waals surface area contributed by atoms with Gasteiger partial charge in [-0.25, -0.2) is 13.6 Å². The zero-order valence-corrected chi connectivity index (χ0v) is 9.24. The highest BCUT2D eigenvalue weighted by atomic mass is 19.3. The monoisotopic (exact) mass is 232 g/mol. The average Bonchev–Trinajstić information content (AvgIpc) is 2.14. The van der Waals surface area contributed by atoms with E-state index >= 15 is 0 Å². The van der Waals surface area contributed by atoms with Crippen molar-refractivity contribution in [1.82, 2.24) is 4.90 Å². The van der Waals surface area contributed by atoms with Gasteiger partial charge in [-0.3, -0.25) is 0 Å². The summed E-state index contributed by atoms with van der Waals surface area (Å²) in [5, 5.41) is 8.64. The number of nitriles is 1. The lowest BCUT2D eigenvalue weighted by molar-refractivity contribution is -0.0737. The summed E-state index contributed by atoms with van der Waals surface area (Å²) in [6.45, 7) is 2.62. The van der Waals surface area contributed by atoms with Crippen molar-refractivity contribution < 1.29 is 18.3 Å². The fourth-order valence-electron chi connectivity index (χ4n) is 1.60. The van der Waals surface area contributed by atoms with Crippen LogP contribution in [0.3, 0.4) is 0 Å². The first kappa shape index (κ1) is 12.7. The van der Waals surface area contributed by atoms with E-state index < -0.39 is 30.9 Å². The number of alkyl halides is 2. The predicted octanol–water partition coefficient (Wildman–Crippen LogP) is 2.01. The number of hydrogen-bond acceptors (Lipinski definition) is 3. The SMILES string of the molecule is CC(C)OC(=O)N1CC(C#N)CC(F)(F)C1. The van der Waals surface area contributed by atoms with Crippen molar-refractivity contribution in [1.29, 1.82) is 5.26 Å². The topological polar surface area (TPSA) is 53.3 Å². The van der Waals surface area contributed by atoms with Crippen LogP contribution >= 0.6 is 0 Å². The lowest BCUT2D eigenvalue weighted by Crippen LogP contribution is -2.49. The van der Waals surface area contributed by atoms with Gasteiger partial charge in [-0.15, -0.1) is 0 Å². The van der Waals surface area contributed by atoms with Gasteiger partial charge in [-0.2, -0.15) is 5.26 Å². The van der Waals surface area contributed by atoms with E-state index in [4.69, 9.17) is 10.00 Å². The number of likely N-dealkylation sites (tertiary alicyclic amines) is 1. The highest BCUT2D eigenvalue weighted by Gasteiger charge is 2.42. The molecule has 0 radical (unpaired) electrons. The summed E-state index contributed by atoms with van der Waals surface area (Å²) in [6, 6.07) is 1.77. The van der Waals surface area contributed by atoms with Gasteiger partial charge in [0.2, 0.25) is 0 Å². The molecule has 1 rings (SSSR count). The van der Waals surface area contributed by atoms with Crippen molar-refractivity contribution in [3.8, 4) is 6.07 Å². The first-order valence-electron chi connectivity index (χ1n) is 5.07. The van der Waals surface area contributed by atoms with Crippen molar-refractivity contribution in [2.24, 2.45) is 5.92 Å². The number of ether oxygens (including phenoxy) is 1. The third kappa shape index (κ3) is 3.33. The zero-order chi connectivity index (χ0) is 12.3. The van der Waals surface area contributed by atoms with E-state index in [9.17, 15) is 13.6 Å². The third-order valence-electron chi connectivity index (χ3n) is 2.19. The predicted molar refractivity (Wildman–Crippen MR) is 51.9 cm³/mol. The van der Waals surface area contributed by atoms with Crippen LogP contribution < -0.4 is 0 Å². The Bertz CT molecular complexity index is 312. The Hall–Kier alpha value is -1.38. The summed E-state index contributed by atoms with van der Waals surface area (Å²) in [4.78, 5) is 12.3. The molecular weight excluding hydrogens is 218 g/mol. The molecule has 0 saturated carbocycles. The van der Waals surface area contributed by atoms with Gasteiger partial charge in [0.05, 0.1) is 24.6 Å². The fraction of sp³-hybridized carbons (Fsp3) is 0.800. The Labute approximate surface area is 92.8 Å². The molecule has 1 aliphatic rings. The quantitative estimate of drug-likeness (QED) is 0.694. The van der Waals surface area contributed by atoms with Gasteiger partial charge in [0.1, 0.15) is 0 Å². The van der Waals surface area contributed by atoms with Crippen LogP contribution in [0.1, 0.15) is 20.3 Å². The second kappa shape index (κ2) is 4.64. The molecule has 1 amide bonds. The Morgan fingerprint density at radius 3 is 2.75 bits per heavy atom. The van der Waals surface area contributed by atoms with Crippen molar-refractivity contribution in [2.45, 2.75) is 32.3 Å². The summed E-state index contributed by atoms with van der Waals surface area (Å²) in [6.07, 6.45) is -1.63. The minimum atomic E-state index is -3.01. The van der Waals surface area contributed by atoms with Crippen LogP contribution in [0.5, 0.6) is 0 Å². The van der Waals surface area contributed by atoms with E-state index in [1.54, 1.807) is 19.9 Å². The van der Waals surface area contributed by atoms with E-state index in [-0.39, 0.29) is 12.6 Å². The smallest absolute Gasteiger partial charge is 0.410 e. The van der Waals surface area contributed by atoms with Crippen molar-refractivity contribution in [3.05, 3.63) is 0 Å². The Morgan fingerprint density at radius 1 is 1.62 bits per heavy atom. The molecule has 0 spiro atoms. The number of hydrogen-bond donors (Lipinski definition) is 0. The molecule has 1 fully saturated rings. The molecule has 1 heterocycles. The molecule has 0 aliphatic carbocycles. The number of nitrogens with zero attached hydrogens (tertiary/aromatic N) is 2. The second-order valence-corrected chi connectivity index (χ2v) is 4.20. The lowest BCUT2D eigenvalue weighted by atomic mass is 9.97. The molecule has 0 aromatic heterocycles. The van der Waals surface area contributed by atoms with Crippen LogP contribution in [0, 0.1) is 17.2 Å². The van der Waals surface area contributed by atoms with E-state index in [1.165, 1.54) is 0 Å². The third-order valence-corrected chi connectivity index (χ3v) is 2.19. The maximum atomic E-state index is 13.2. The van der Waals surface area contributed by atoms with Gasteiger partial charge in [0, 0.05) is 13.0 Å².